The molecule has 0 atom stereocenters. The van der Waals surface area contributed by atoms with E-state index in [9.17, 15) is 9.36 Å². The van der Waals surface area contributed by atoms with Gasteiger partial charge >= 0.3 is 6.85 Å². The van der Waals surface area contributed by atoms with Crippen LogP contribution in [0.5, 0.6) is 0 Å². The average Bonchev–Trinajstić information content (AvgIpc) is 3.68. The van der Waals surface area contributed by atoms with Gasteiger partial charge in [0.2, 0.25) is 0 Å². The van der Waals surface area contributed by atoms with Crippen molar-refractivity contribution in [3.63, 3.8) is 0 Å². The molecule has 0 saturated heterocycles. The second-order valence-electron chi connectivity index (χ2n) is 13.7. The van der Waals surface area contributed by atoms with Gasteiger partial charge in [0.1, 0.15) is 7.14 Å². The van der Waals surface area contributed by atoms with Crippen LogP contribution in [0.3, 0.4) is 0 Å². The number of carbonyl (C=O) groups is 1. The normalized spacial score (nSPS) is 13.7. The summed E-state index contributed by atoms with van der Waals surface area (Å²) >= 11 is 0. The first kappa shape index (κ1) is 35.7. The number of aliphatic imine (C=N–C) groups is 1. The Bertz CT molecular complexity index is 2300. The second kappa shape index (κ2) is 15.5. The first-order valence-corrected chi connectivity index (χ1v) is 20.0. The van der Waals surface area contributed by atoms with Crippen LogP contribution in [0.1, 0.15) is 46.7 Å². The van der Waals surface area contributed by atoms with Crippen LogP contribution in [-0.4, -0.2) is 35.7 Å². The van der Waals surface area contributed by atoms with Gasteiger partial charge in [0.05, 0.1) is 5.70 Å². The lowest BCUT2D eigenvalue weighted by molar-refractivity contribution is 0.0956. The van der Waals surface area contributed by atoms with Crippen molar-refractivity contribution in [3.05, 3.63) is 197 Å². The first-order valence-electron chi connectivity index (χ1n) is 18.1. The Kier molecular flexibility index (Phi) is 10.4. The van der Waals surface area contributed by atoms with Crippen molar-refractivity contribution in [2.24, 2.45) is 4.99 Å². The van der Waals surface area contributed by atoms with Crippen molar-refractivity contribution in [1.29, 1.82) is 0 Å². The van der Waals surface area contributed by atoms with E-state index in [1.54, 1.807) is 0 Å². The van der Waals surface area contributed by atoms with E-state index < -0.39 is 7.14 Å². The molecular weight excluding hydrogens is 668 g/mol. The van der Waals surface area contributed by atoms with Crippen LogP contribution in [0.4, 0.5) is 0 Å². The molecule has 262 valence electrons. The second-order valence-corrected chi connectivity index (χ2v) is 16.6. The van der Waals surface area contributed by atoms with Crippen LogP contribution >= 0.6 is 7.14 Å². The molecule has 1 aliphatic rings. The van der Waals surface area contributed by atoms with E-state index in [1.807, 2.05) is 91.9 Å². The minimum atomic E-state index is -2.95. The fourth-order valence-corrected chi connectivity index (χ4v) is 10.1. The molecule has 2 heterocycles. The van der Waals surface area contributed by atoms with Crippen LogP contribution in [-0.2, 0) is 4.57 Å². The number of allylic oxidation sites excluding steroid dienone is 2. The quantitative estimate of drug-likeness (QED) is 0.111. The van der Waals surface area contributed by atoms with Crippen LogP contribution in [0.25, 0.3) is 5.57 Å². The number of aromatic nitrogens is 1. The van der Waals surface area contributed by atoms with Gasteiger partial charge in [-0.25, -0.2) is 0 Å². The van der Waals surface area contributed by atoms with Crippen LogP contribution in [0.2, 0.25) is 0 Å². The van der Waals surface area contributed by atoms with Gasteiger partial charge in [-0.15, -0.1) is 0 Å². The maximum atomic E-state index is 14.5. The van der Waals surface area contributed by atoms with Gasteiger partial charge in [0.25, 0.3) is 5.91 Å². The van der Waals surface area contributed by atoms with Crippen molar-refractivity contribution >= 4 is 52.7 Å². The summed E-state index contributed by atoms with van der Waals surface area (Å²) in [5, 5.41) is 4.63. The molecule has 7 heteroatoms. The van der Waals surface area contributed by atoms with Crippen molar-refractivity contribution in [2.45, 2.75) is 27.7 Å². The number of amides is 1. The number of benzene rings is 5. The molecule has 7 rings (SSSR count). The molecule has 0 unspecified atom stereocenters. The largest absolute Gasteiger partial charge is 0.380 e. The molecule has 0 fully saturated rings. The van der Waals surface area contributed by atoms with E-state index >= 15 is 0 Å². The number of hydrogen-bond acceptors (Lipinski definition) is 3. The minimum Gasteiger partial charge on any atom is -0.380 e. The highest BCUT2D eigenvalue weighted by Gasteiger charge is 2.31. The predicted octanol–water partition coefficient (Wildman–Crippen LogP) is 7.68. The smallest absolute Gasteiger partial charge is 0.327 e. The Hall–Kier alpha value is -5.71. The third-order valence-electron chi connectivity index (χ3n) is 9.96. The van der Waals surface area contributed by atoms with Gasteiger partial charge in [0, 0.05) is 51.6 Å². The molecule has 1 aliphatic heterocycles. The summed E-state index contributed by atoms with van der Waals surface area (Å²) in [5.74, 6) is -0.201. The first-order chi connectivity index (χ1) is 25.7. The van der Waals surface area contributed by atoms with Gasteiger partial charge in [-0.3, -0.25) is 9.79 Å². The number of aryl methyl sites for hydroxylation is 2. The number of hydrogen-bond donors (Lipinski definition) is 1. The van der Waals surface area contributed by atoms with Gasteiger partial charge in [-0.2, -0.15) is 0 Å². The van der Waals surface area contributed by atoms with Gasteiger partial charge in [-0.1, -0.05) is 144 Å². The minimum absolute atomic E-state index is 0.0692. The van der Waals surface area contributed by atoms with E-state index in [0.717, 1.165) is 55.7 Å². The number of rotatable bonds is 11. The van der Waals surface area contributed by atoms with Crippen molar-refractivity contribution in [2.75, 3.05) is 12.7 Å². The van der Waals surface area contributed by atoms with Gasteiger partial charge in [-0.05, 0) is 68.7 Å². The fraction of sp³-hybridized carbons (Fsp3) is 0.130. The van der Waals surface area contributed by atoms with Crippen molar-refractivity contribution in [1.82, 2.24) is 9.79 Å². The number of nitrogens with zero attached hydrogens (tertiary/aromatic N) is 2. The number of nitrogens with one attached hydrogen (secondary N) is 1. The third kappa shape index (κ3) is 7.33. The summed E-state index contributed by atoms with van der Waals surface area (Å²) < 4.78 is 16.9. The summed E-state index contributed by atoms with van der Waals surface area (Å²) in [6.45, 7) is 8.70. The zero-order chi connectivity index (χ0) is 37.0. The third-order valence-corrected chi connectivity index (χ3v) is 13.1. The molecule has 6 aromatic rings. The lowest BCUT2D eigenvalue weighted by Crippen LogP contribution is -2.49. The molecule has 53 heavy (non-hydrogen) atoms. The molecule has 0 radical (unpaired) electrons. The van der Waals surface area contributed by atoms with E-state index in [4.69, 9.17) is 4.99 Å². The molecule has 5 aromatic carbocycles. The summed E-state index contributed by atoms with van der Waals surface area (Å²) in [6.07, 6.45) is 2.45. The summed E-state index contributed by atoms with van der Waals surface area (Å²) in [5.41, 5.74) is 11.3. The summed E-state index contributed by atoms with van der Waals surface area (Å²) in [6, 6.07) is 50.5. The van der Waals surface area contributed by atoms with Gasteiger partial charge < -0.3 is 14.4 Å². The summed E-state index contributed by atoms with van der Waals surface area (Å²) in [4.78, 5) is 18.6. The SMILES string of the molecule is CC1=CC(C)=N/C1=C(/c1ccc(C(=O)NCCP(=O)(c2ccccc2)c2ccccc2)cc1)c1c(C)cc(C)n1B(c1ccccc1)c1ccccc1. The lowest BCUT2D eigenvalue weighted by Gasteiger charge is -2.24. The van der Waals surface area contributed by atoms with Crippen LogP contribution in [0, 0.1) is 13.8 Å². The zero-order valence-electron chi connectivity index (χ0n) is 30.7. The predicted molar refractivity (Wildman–Crippen MR) is 223 cm³/mol. The monoisotopic (exact) mass is 711 g/mol. The molecule has 1 N–H and O–H groups in total. The van der Waals surface area contributed by atoms with Crippen molar-refractivity contribution in [3.8, 4) is 0 Å². The average molecular weight is 712 g/mol. The lowest BCUT2D eigenvalue weighted by atomic mass is 9.50. The molecule has 5 nitrogen and oxygen atoms in total. The molecule has 0 aliphatic carbocycles. The van der Waals surface area contributed by atoms with Gasteiger partial charge in [0.15, 0.2) is 0 Å². The standard InChI is InChI=1S/C46H43BN3O2P/c1-33-31-35(3)49-44(33)43(45-34(2)32-36(4)50(45)47(39-17-9-5-10-18-39)40-19-11-6-12-20-40)37-25-27-38(28-26-37)46(51)48-29-30-53(52,41-21-13-7-14-22-41)42-23-15-8-16-24-42/h5-28,31-32H,29-30H2,1-4H3,(H,48,51)/b44-43-. The summed E-state index contributed by atoms with van der Waals surface area (Å²) in [7, 11) is -2.95. The highest BCUT2D eigenvalue weighted by atomic mass is 31.2. The van der Waals surface area contributed by atoms with E-state index in [1.165, 1.54) is 10.9 Å². The molecule has 0 spiro atoms. The van der Waals surface area contributed by atoms with E-state index in [2.05, 4.69) is 103 Å². The van der Waals surface area contributed by atoms with E-state index in [-0.39, 0.29) is 19.3 Å². The maximum Gasteiger partial charge on any atom is 0.327 e. The van der Waals surface area contributed by atoms with Crippen LogP contribution < -0.4 is 26.9 Å². The Balaban J connectivity index is 1.23. The van der Waals surface area contributed by atoms with Crippen molar-refractivity contribution < 1.29 is 9.36 Å². The Morgan fingerprint density at radius 3 is 1.66 bits per heavy atom. The Morgan fingerprint density at radius 1 is 0.679 bits per heavy atom. The topological polar surface area (TPSA) is 63.5 Å². The fourth-order valence-electron chi connectivity index (χ4n) is 7.51. The number of carbonyl (C=O) groups excluding carboxylic acids is 1. The van der Waals surface area contributed by atoms with E-state index in [0.29, 0.717) is 11.7 Å². The Labute approximate surface area is 313 Å². The van der Waals surface area contributed by atoms with Crippen LogP contribution in [0.15, 0.2) is 174 Å². The highest BCUT2D eigenvalue weighted by Crippen LogP contribution is 2.42. The molecule has 1 amide bonds. The molecule has 0 saturated carbocycles. The molecule has 0 bridgehead atoms. The maximum absolute atomic E-state index is 14.5. The zero-order valence-corrected chi connectivity index (χ0v) is 31.6. The molecule has 1 aromatic heterocycles. The Morgan fingerprint density at radius 2 is 1.17 bits per heavy atom. The molecular formula is C46H43BN3O2P. The highest BCUT2D eigenvalue weighted by molar-refractivity contribution is 7.78.